The normalized spacial score (nSPS) is 11.4. The van der Waals surface area contributed by atoms with E-state index in [1.807, 2.05) is 66.7 Å². The molecule has 0 aliphatic heterocycles. The number of amides is 1. The fourth-order valence-corrected chi connectivity index (χ4v) is 3.55. The highest BCUT2D eigenvalue weighted by atomic mass is 16.1. The highest BCUT2D eigenvalue weighted by Crippen LogP contribution is 2.29. The Hall–Kier alpha value is -3.65. The van der Waals surface area contributed by atoms with Crippen molar-refractivity contribution in [3.63, 3.8) is 0 Å². The third-order valence-corrected chi connectivity index (χ3v) is 5.00. The quantitative estimate of drug-likeness (QED) is 0.434. The van der Waals surface area contributed by atoms with Crippen molar-refractivity contribution in [3.8, 4) is 0 Å². The number of carbonyl (C=O) groups is 1. The van der Waals surface area contributed by atoms with Crippen LogP contribution in [0.25, 0.3) is 16.3 Å². The number of nitrogens with one attached hydrogen (secondary N) is 1. The summed E-state index contributed by atoms with van der Waals surface area (Å²) < 4.78 is 0. The number of hydrogen-bond acceptors (Lipinski definition) is 1. The van der Waals surface area contributed by atoms with Gasteiger partial charge < -0.3 is 5.32 Å². The molecule has 0 aliphatic carbocycles. The minimum Gasteiger partial charge on any atom is -0.352 e. The Morgan fingerprint density at radius 3 is 2.17 bits per heavy atom. The molecule has 0 aromatic heterocycles. The number of carbonyl (C=O) groups excluding carboxylic acids is 1. The standard InChI is InChI=1S/C27H23NO/c29-27(28-19-18-21-10-3-1-4-11-21)20-26(23-12-5-2-6-13-23)25-17-9-15-22-14-7-8-16-24(22)25/h1-17,20H,18-19H2,(H,28,29). The summed E-state index contributed by atoms with van der Waals surface area (Å²) in [6, 6.07) is 34.8. The van der Waals surface area contributed by atoms with Crippen LogP contribution in [0.15, 0.2) is 109 Å². The fraction of sp³-hybridized carbons (Fsp3) is 0.0741. The van der Waals surface area contributed by atoms with Crippen molar-refractivity contribution in [1.29, 1.82) is 0 Å². The molecule has 0 fully saturated rings. The molecule has 2 heteroatoms. The van der Waals surface area contributed by atoms with Crippen LogP contribution in [0.3, 0.4) is 0 Å². The molecule has 4 aromatic rings. The third kappa shape index (κ3) is 4.61. The van der Waals surface area contributed by atoms with E-state index in [0.29, 0.717) is 6.54 Å². The number of benzene rings is 4. The van der Waals surface area contributed by atoms with E-state index in [9.17, 15) is 4.79 Å². The molecule has 1 N–H and O–H groups in total. The lowest BCUT2D eigenvalue weighted by Crippen LogP contribution is -2.24. The van der Waals surface area contributed by atoms with Crippen LogP contribution in [-0.4, -0.2) is 12.5 Å². The molecular weight excluding hydrogens is 354 g/mol. The summed E-state index contributed by atoms with van der Waals surface area (Å²) in [5.74, 6) is -0.0762. The molecule has 4 rings (SSSR count). The maximum absolute atomic E-state index is 12.7. The first kappa shape index (κ1) is 18.7. The summed E-state index contributed by atoms with van der Waals surface area (Å²) in [7, 11) is 0. The summed E-state index contributed by atoms with van der Waals surface area (Å²) in [6.45, 7) is 0.608. The molecule has 2 nitrogen and oxygen atoms in total. The van der Waals surface area contributed by atoms with E-state index in [1.165, 1.54) is 5.56 Å². The van der Waals surface area contributed by atoms with Gasteiger partial charge in [0.05, 0.1) is 0 Å². The molecule has 142 valence electrons. The zero-order valence-corrected chi connectivity index (χ0v) is 16.2. The van der Waals surface area contributed by atoms with Gasteiger partial charge in [0.2, 0.25) is 5.91 Å². The molecule has 0 saturated carbocycles. The van der Waals surface area contributed by atoms with Crippen molar-refractivity contribution in [2.75, 3.05) is 6.54 Å². The van der Waals surface area contributed by atoms with Crippen molar-refractivity contribution in [1.82, 2.24) is 5.32 Å². The van der Waals surface area contributed by atoms with E-state index >= 15 is 0 Å². The molecule has 0 bridgehead atoms. The first-order chi connectivity index (χ1) is 14.3. The van der Waals surface area contributed by atoms with Crippen molar-refractivity contribution in [2.24, 2.45) is 0 Å². The van der Waals surface area contributed by atoms with Gasteiger partial charge in [0.15, 0.2) is 0 Å². The Balaban J connectivity index is 1.63. The second kappa shape index (κ2) is 9.03. The number of fused-ring (bicyclic) bond motifs is 1. The van der Waals surface area contributed by atoms with E-state index in [2.05, 4.69) is 41.7 Å². The van der Waals surface area contributed by atoms with Gasteiger partial charge in [0.1, 0.15) is 0 Å². The van der Waals surface area contributed by atoms with Crippen LogP contribution in [0, 0.1) is 0 Å². The van der Waals surface area contributed by atoms with Crippen molar-refractivity contribution < 1.29 is 4.79 Å². The Morgan fingerprint density at radius 2 is 1.38 bits per heavy atom. The molecule has 0 aliphatic rings. The van der Waals surface area contributed by atoms with Gasteiger partial charge in [0, 0.05) is 12.6 Å². The molecule has 1 amide bonds. The predicted molar refractivity (Wildman–Crippen MR) is 121 cm³/mol. The van der Waals surface area contributed by atoms with Crippen LogP contribution in [0.4, 0.5) is 0 Å². The van der Waals surface area contributed by atoms with Gasteiger partial charge >= 0.3 is 0 Å². The number of hydrogen-bond donors (Lipinski definition) is 1. The largest absolute Gasteiger partial charge is 0.352 e. The third-order valence-electron chi connectivity index (χ3n) is 5.00. The van der Waals surface area contributed by atoms with Crippen LogP contribution in [-0.2, 0) is 11.2 Å². The molecule has 4 aromatic carbocycles. The van der Waals surface area contributed by atoms with Crippen LogP contribution < -0.4 is 5.32 Å². The molecular formula is C27H23NO. The zero-order valence-electron chi connectivity index (χ0n) is 16.2. The molecule has 0 spiro atoms. The van der Waals surface area contributed by atoms with Crippen molar-refractivity contribution in [2.45, 2.75) is 6.42 Å². The maximum atomic E-state index is 12.7. The minimum atomic E-state index is -0.0762. The maximum Gasteiger partial charge on any atom is 0.244 e. The molecule has 0 heterocycles. The monoisotopic (exact) mass is 377 g/mol. The van der Waals surface area contributed by atoms with Crippen LogP contribution >= 0.6 is 0 Å². The Labute approximate surface area is 171 Å². The Kier molecular flexibility index (Phi) is 5.82. The van der Waals surface area contributed by atoms with Gasteiger partial charge in [-0.05, 0) is 39.5 Å². The highest BCUT2D eigenvalue weighted by Gasteiger charge is 2.11. The highest BCUT2D eigenvalue weighted by molar-refractivity contribution is 6.04. The molecule has 29 heavy (non-hydrogen) atoms. The summed E-state index contributed by atoms with van der Waals surface area (Å²) in [4.78, 5) is 12.7. The van der Waals surface area contributed by atoms with Gasteiger partial charge in [-0.1, -0.05) is 103 Å². The topological polar surface area (TPSA) is 29.1 Å². The van der Waals surface area contributed by atoms with E-state index in [0.717, 1.165) is 33.9 Å². The molecule has 0 atom stereocenters. The van der Waals surface area contributed by atoms with Gasteiger partial charge in [-0.15, -0.1) is 0 Å². The fourth-order valence-electron chi connectivity index (χ4n) is 3.55. The Morgan fingerprint density at radius 1 is 0.724 bits per heavy atom. The average molecular weight is 377 g/mol. The first-order valence-corrected chi connectivity index (χ1v) is 9.88. The smallest absolute Gasteiger partial charge is 0.244 e. The SMILES string of the molecule is O=C(C=C(c1ccccc1)c1cccc2ccccc12)NCCc1ccccc1. The van der Waals surface area contributed by atoms with Gasteiger partial charge in [0.25, 0.3) is 0 Å². The van der Waals surface area contributed by atoms with E-state index in [1.54, 1.807) is 6.08 Å². The first-order valence-electron chi connectivity index (χ1n) is 9.88. The van der Waals surface area contributed by atoms with Crippen LogP contribution in [0.2, 0.25) is 0 Å². The van der Waals surface area contributed by atoms with E-state index in [4.69, 9.17) is 0 Å². The second-order valence-corrected chi connectivity index (χ2v) is 6.98. The lowest BCUT2D eigenvalue weighted by atomic mass is 9.93. The molecule has 0 saturated heterocycles. The minimum absolute atomic E-state index is 0.0762. The lowest BCUT2D eigenvalue weighted by molar-refractivity contribution is -0.116. The summed E-state index contributed by atoms with van der Waals surface area (Å²) in [5.41, 5.74) is 4.24. The van der Waals surface area contributed by atoms with Crippen LogP contribution in [0.5, 0.6) is 0 Å². The summed E-state index contributed by atoms with van der Waals surface area (Å²) in [6.07, 6.45) is 2.54. The molecule has 0 unspecified atom stereocenters. The summed E-state index contributed by atoms with van der Waals surface area (Å²) >= 11 is 0. The average Bonchev–Trinajstić information content (AvgIpc) is 2.78. The van der Waals surface area contributed by atoms with Gasteiger partial charge in [-0.3, -0.25) is 4.79 Å². The second-order valence-electron chi connectivity index (χ2n) is 6.98. The van der Waals surface area contributed by atoms with Crippen LogP contribution in [0.1, 0.15) is 16.7 Å². The lowest BCUT2D eigenvalue weighted by Gasteiger charge is -2.12. The van der Waals surface area contributed by atoms with Crippen molar-refractivity contribution in [3.05, 3.63) is 126 Å². The summed E-state index contributed by atoms with van der Waals surface area (Å²) in [5, 5.41) is 5.34. The number of rotatable bonds is 6. The zero-order chi connectivity index (χ0) is 19.9. The molecule has 0 radical (unpaired) electrons. The predicted octanol–water partition coefficient (Wildman–Crippen LogP) is 5.63. The van der Waals surface area contributed by atoms with Crippen molar-refractivity contribution >= 4 is 22.3 Å². The van der Waals surface area contributed by atoms with Gasteiger partial charge in [-0.25, -0.2) is 0 Å². The van der Waals surface area contributed by atoms with E-state index < -0.39 is 0 Å². The Bertz CT molecular complexity index is 1130. The van der Waals surface area contributed by atoms with Gasteiger partial charge in [-0.2, -0.15) is 0 Å². The van der Waals surface area contributed by atoms with E-state index in [-0.39, 0.29) is 5.91 Å².